The summed E-state index contributed by atoms with van der Waals surface area (Å²) in [6.45, 7) is 2.69. The normalized spacial score (nSPS) is 38.8. The minimum absolute atomic E-state index is 0.00610. The zero-order chi connectivity index (χ0) is 25.5. The molecule has 6 N–H and O–H groups in total. The van der Waals surface area contributed by atoms with Gasteiger partial charge in [0.05, 0.1) is 30.6 Å². The molecule has 0 bridgehead atoms. The van der Waals surface area contributed by atoms with E-state index in [1.54, 1.807) is 14.2 Å². The van der Waals surface area contributed by atoms with Crippen molar-refractivity contribution >= 4 is 5.91 Å². The van der Waals surface area contributed by atoms with Crippen molar-refractivity contribution in [3.63, 3.8) is 0 Å². The highest BCUT2D eigenvalue weighted by Gasteiger charge is 2.39. The van der Waals surface area contributed by atoms with E-state index in [2.05, 4.69) is 50.1 Å². The van der Waals surface area contributed by atoms with Crippen LogP contribution in [-0.2, 0) is 14.3 Å². The van der Waals surface area contributed by atoms with Crippen LogP contribution in [-0.4, -0.2) is 94.5 Å². The van der Waals surface area contributed by atoms with Gasteiger partial charge in [-0.2, -0.15) is 5.26 Å². The zero-order valence-corrected chi connectivity index (χ0v) is 22.1. The van der Waals surface area contributed by atoms with Gasteiger partial charge in [0.2, 0.25) is 5.91 Å². The Morgan fingerprint density at radius 3 is 2.72 bits per heavy atom. The molecule has 9 atom stereocenters. The third-order valence-electron chi connectivity index (χ3n) is 8.77. The molecule has 4 rings (SSSR count). The van der Waals surface area contributed by atoms with Crippen molar-refractivity contribution in [2.75, 3.05) is 41.0 Å². The maximum atomic E-state index is 13.2. The third kappa shape index (κ3) is 6.74. The van der Waals surface area contributed by atoms with E-state index >= 15 is 0 Å². The first-order chi connectivity index (χ1) is 17.5. The van der Waals surface area contributed by atoms with Gasteiger partial charge < -0.3 is 25.4 Å². The van der Waals surface area contributed by atoms with Crippen LogP contribution in [0, 0.1) is 23.2 Å². The highest BCUT2D eigenvalue weighted by molar-refractivity contribution is 5.79. The molecule has 2 aliphatic carbocycles. The largest absolute Gasteiger partial charge is 0.381 e. The number of ether oxygens (including phenoxy) is 2. The summed E-state index contributed by atoms with van der Waals surface area (Å²) < 4.78 is 11.2. The third-order valence-corrected chi connectivity index (χ3v) is 8.77. The fourth-order valence-electron chi connectivity index (χ4n) is 6.46. The number of methoxy groups -OCH3 is 2. The van der Waals surface area contributed by atoms with Crippen LogP contribution in [0.5, 0.6) is 0 Å². The summed E-state index contributed by atoms with van der Waals surface area (Å²) in [5, 5.41) is 23.5. The van der Waals surface area contributed by atoms with E-state index in [4.69, 9.17) is 9.47 Å². The fourth-order valence-corrected chi connectivity index (χ4v) is 6.46. The Bertz CT molecular complexity index is 745. The lowest BCUT2D eigenvalue weighted by molar-refractivity contribution is -0.127. The predicted octanol–water partition coefficient (Wildman–Crippen LogP) is -0.426. The minimum Gasteiger partial charge on any atom is -0.381 e. The first-order valence-electron chi connectivity index (χ1n) is 13.7. The van der Waals surface area contributed by atoms with E-state index in [0.717, 1.165) is 71.1 Å². The number of hydrogen-bond donors (Lipinski definition) is 6. The number of hydrazine groups is 1. The van der Waals surface area contributed by atoms with E-state index in [1.807, 2.05) is 0 Å². The van der Waals surface area contributed by atoms with E-state index in [9.17, 15) is 10.1 Å². The number of nitrogens with zero attached hydrogens (tertiary/aromatic N) is 2. The van der Waals surface area contributed by atoms with Gasteiger partial charge in [-0.15, -0.1) is 0 Å². The van der Waals surface area contributed by atoms with Crippen molar-refractivity contribution in [3.05, 3.63) is 0 Å². The first-order valence-corrected chi connectivity index (χ1v) is 13.7. The zero-order valence-electron chi connectivity index (χ0n) is 22.1. The fraction of sp³-hybridized carbons (Fsp3) is 0.920. The average Bonchev–Trinajstić information content (AvgIpc) is 3.30. The van der Waals surface area contributed by atoms with Crippen LogP contribution < -0.4 is 32.1 Å². The molecule has 2 heterocycles. The number of nitrogens with one attached hydrogen (secondary N) is 6. The van der Waals surface area contributed by atoms with Gasteiger partial charge in [0.25, 0.3) is 0 Å². The Balaban J connectivity index is 1.24. The molecular formula is C25H46N8O3. The van der Waals surface area contributed by atoms with Crippen molar-refractivity contribution in [2.45, 2.75) is 94.0 Å². The quantitative estimate of drug-likeness (QED) is 0.245. The Morgan fingerprint density at radius 1 is 1.14 bits per heavy atom. The number of hydrogen-bond acceptors (Lipinski definition) is 10. The Kier molecular flexibility index (Phi) is 10.3. The number of nitriles is 1. The molecule has 11 nitrogen and oxygen atoms in total. The van der Waals surface area contributed by atoms with E-state index in [-0.39, 0.29) is 42.3 Å². The SMILES string of the molecule is COC1CCC([C@@H](C#N)NC(=O)C2CCCC(NCC3NNC(C4CCNCN4)N3C)C2)C(OC)C1. The van der Waals surface area contributed by atoms with E-state index < -0.39 is 6.04 Å². The molecule has 0 radical (unpaired) electrons. The summed E-state index contributed by atoms with van der Waals surface area (Å²) in [5.41, 5.74) is 6.88. The summed E-state index contributed by atoms with van der Waals surface area (Å²) >= 11 is 0. The molecule has 0 aromatic heterocycles. The standard InChI is InChI=1S/C25H46N8O3/c1-33-23(31-32-24(33)20-9-10-27-15-29-20)14-28-17-6-4-5-16(11-17)25(34)30-21(13-26)19-8-7-18(35-2)12-22(19)36-3/h16-24,27-29,31-32H,4-12,14-15H2,1-3H3,(H,30,34)/t16?,17?,18?,19?,20?,21-,22?,23?,24?/m1/s1. The topological polar surface area (TPSA) is 135 Å². The number of carbonyl (C=O) groups is 1. The molecule has 4 fully saturated rings. The van der Waals surface area contributed by atoms with Gasteiger partial charge in [-0.25, -0.2) is 10.9 Å². The van der Waals surface area contributed by atoms with Crippen molar-refractivity contribution in [1.29, 1.82) is 5.26 Å². The second kappa shape index (κ2) is 13.4. The molecule has 2 saturated heterocycles. The molecule has 204 valence electrons. The number of carbonyl (C=O) groups excluding carboxylic acids is 1. The molecule has 11 heteroatoms. The lowest BCUT2D eigenvalue weighted by atomic mass is 9.79. The van der Waals surface area contributed by atoms with Gasteiger partial charge in [-0.05, 0) is 52.1 Å². The van der Waals surface area contributed by atoms with Crippen LogP contribution in [0.15, 0.2) is 0 Å². The first kappa shape index (κ1) is 27.7. The van der Waals surface area contributed by atoms with Gasteiger partial charge in [0, 0.05) is 57.8 Å². The van der Waals surface area contributed by atoms with Gasteiger partial charge in [0.15, 0.2) is 0 Å². The van der Waals surface area contributed by atoms with Crippen LogP contribution in [0.25, 0.3) is 0 Å². The Morgan fingerprint density at radius 2 is 2.00 bits per heavy atom. The predicted molar refractivity (Wildman–Crippen MR) is 136 cm³/mol. The molecule has 36 heavy (non-hydrogen) atoms. The summed E-state index contributed by atoms with van der Waals surface area (Å²) in [4.78, 5) is 15.6. The van der Waals surface area contributed by atoms with Crippen LogP contribution in [0.1, 0.15) is 51.4 Å². The highest BCUT2D eigenvalue weighted by Crippen LogP contribution is 2.31. The maximum Gasteiger partial charge on any atom is 0.224 e. The average molecular weight is 507 g/mol. The highest BCUT2D eigenvalue weighted by atomic mass is 16.5. The van der Waals surface area contributed by atoms with E-state index in [0.29, 0.717) is 12.1 Å². The summed E-state index contributed by atoms with van der Waals surface area (Å²) in [6.07, 6.45) is 7.83. The van der Waals surface area contributed by atoms with Crippen LogP contribution >= 0.6 is 0 Å². The van der Waals surface area contributed by atoms with Gasteiger partial charge in [-0.3, -0.25) is 15.0 Å². The maximum absolute atomic E-state index is 13.2. The number of amides is 1. The van der Waals surface area contributed by atoms with Crippen molar-refractivity contribution in [3.8, 4) is 6.07 Å². The summed E-state index contributed by atoms with van der Waals surface area (Å²) in [7, 11) is 5.55. The summed E-state index contributed by atoms with van der Waals surface area (Å²) in [5.74, 6) is -0.0687. The lowest BCUT2D eigenvalue weighted by Gasteiger charge is -2.37. The molecule has 2 aliphatic heterocycles. The van der Waals surface area contributed by atoms with Gasteiger partial charge in [0.1, 0.15) is 6.04 Å². The van der Waals surface area contributed by atoms with Crippen LogP contribution in [0.4, 0.5) is 0 Å². The molecular weight excluding hydrogens is 460 g/mol. The van der Waals surface area contributed by atoms with Crippen LogP contribution in [0.2, 0.25) is 0 Å². The second-order valence-corrected chi connectivity index (χ2v) is 10.9. The van der Waals surface area contributed by atoms with E-state index in [1.165, 1.54) is 0 Å². The molecule has 1 amide bonds. The van der Waals surface area contributed by atoms with Gasteiger partial charge in [-0.1, -0.05) is 6.42 Å². The van der Waals surface area contributed by atoms with Crippen molar-refractivity contribution < 1.29 is 14.3 Å². The molecule has 4 aliphatic rings. The molecule has 0 aromatic rings. The molecule has 2 saturated carbocycles. The Hall–Kier alpha value is -1.36. The molecule has 8 unspecified atom stereocenters. The van der Waals surface area contributed by atoms with Crippen molar-refractivity contribution in [2.24, 2.45) is 11.8 Å². The second-order valence-electron chi connectivity index (χ2n) is 10.9. The monoisotopic (exact) mass is 506 g/mol. The van der Waals surface area contributed by atoms with Crippen molar-refractivity contribution in [1.82, 2.24) is 37.0 Å². The van der Waals surface area contributed by atoms with Crippen LogP contribution in [0.3, 0.4) is 0 Å². The Labute approximate surface area is 215 Å². The minimum atomic E-state index is -0.531. The molecule has 0 aromatic carbocycles. The molecule has 0 spiro atoms. The number of likely N-dealkylation sites (N-methyl/N-ethyl adjacent to an activating group) is 1. The lowest BCUT2D eigenvalue weighted by Crippen LogP contribution is -2.58. The number of rotatable bonds is 9. The summed E-state index contributed by atoms with van der Waals surface area (Å²) in [6, 6.07) is 2.52. The van der Waals surface area contributed by atoms with Gasteiger partial charge >= 0.3 is 0 Å². The smallest absolute Gasteiger partial charge is 0.224 e.